The molecule has 0 spiro atoms. The highest BCUT2D eigenvalue weighted by Crippen LogP contribution is 2.15. The van der Waals surface area contributed by atoms with Crippen molar-refractivity contribution in [2.75, 3.05) is 17.7 Å². The maximum atomic E-state index is 13.1. The molecule has 0 saturated heterocycles. The van der Waals surface area contributed by atoms with Crippen LogP contribution in [0.3, 0.4) is 0 Å². The van der Waals surface area contributed by atoms with Gasteiger partial charge in [0.2, 0.25) is 0 Å². The molecule has 0 unspecified atom stereocenters. The standard InChI is InChI=1S/C15H15FN2O2/c1-10-8-12(4-7-14(10)16)18-15(19)9-20-13-5-2-11(17)3-6-13/h2-8H,9,17H2,1H3,(H,18,19). The van der Waals surface area contributed by atoms with Gasteiger partial charge in [-0.15, -0.1) is 0 Å². The molecular weight excluding hydrogens is 259 g/mol. The van der Waals surface area contributed by atoms with E-state index in [2.05, 4.69) is 5.32 Å². The van der Waals surface area contributed by atoms with Crippen LogP contribution in [-0.2, 0) is 4.79 Å². The Kier molecular flexibility index (Phi) is 4.20. The first kappa shape index (κ1) is 13.9. The summed E-state index contributed by atoms with van der Waals surface area (Å²) in [5.74, 6) is -0.0569. The molecule has 0 aliphatic heterocycles. The van der Waals surface area contributed by atoms with Gasteiger partial charge in [0.15, 0.2) is 6.61 Å². The molecule has 0 fully saturated rings. The van der Waals surface area contributed by atoms with Crippen molar-refractivity contribution in [3.63, 3.8) is 0 Å². The van der Waals surface area contributed by atoms with E-state index in [9.17, 15) is 9.18 Å². The van der Waals surface area contributed by atoms with Crippen molar-refractivity contribution in [2.24, 2.45) is 0 Å². The van der Waals surface area contributed by atoms with Crippen molar-refractivity contribution in [1.29, 1.82) is 0 Å². The summed E-state index contributed by atoms with van der Waals surface area (Å²) >= 11 is 0. The summed E-state index contributed by atoms with van der Waals surface area (Å²) < 4.78 is 18.4. The Labute approximate surface area is 116 Å². The van der Waals surface area contributed by atoms with Crippen LogP contribution in [0.5, 0.6) is 5.75 Å². The number of carbonyl (C=O) groups excluding carboxylic acids is 1. The molecule has 0 bridgehead atoms. The summed E-state index contributed by atoms with van der Waals surface area (Å²) in [6, 6.07) is 11.1. The van der Waals surface area contributed by atoms with Crippen LogP contribution in [0.1, 0.15) is 5.56 Å². The van der Waals surface area contributed by atoms with Crippen molar-refractivity contribution in [2.45, 2.75) is 6.92 Å². The first-order chi connectivity index (χ1) is 9.54. The molecule has 0 aliphatic carbocycles. The van der Waals surface area contributed by atoms with Gasteiger partial charge in [0, 0.05) is 11.4 Å². The molecule has 0 atom stereocenters. The predicted molar refractivity (Wildman–Crippen MR) is 76.1 cm³/mol. The molecule has 5 heteroatoms. The van der Waals surface area contributed by atoms with E-state index in [1.807, 2.05) is 0 Å². The van der Waals surface area contributed by atoms with Crippen LogP contribution >= 0.6 is 0 Å². The molecule has 104 valence electrons. The number of ether oxygens (including phenoxy) is 1. The van der Waals surface area contributed by atoms with E-state index in [4.69, 9.17) is 10.5 Å². The molecule has 0 saturated carbocycles. The third-order valence-corrected chi connectivity index (χ3v) is 2.69. The van der Waals surface area contributed by atoms with Crippen molar-refractivity contribution in [3.8, 4) is 5.75 Å². The molecule has 2 aromatic carbocycles. The summed E-state index contributed by atoms with van der Waals surface area (Å²) in [5, 5.41) is 2.64. The molecule has 2 rings (SSSR count). The number of nitrogens with one attached hydrogen (secondary N) is 1. The second-order valence-corrected chi connectivity index (χ2v) is 4.37. The SMILES string of the molecule is Cc1cc(NC(=O)COc2ccc(N)cc2)ccc1F. The van der Waals surface area contributed by atoms with E-state index in [1.54, 1.807) is 37.3 Å². The topological polar surface area (TPSA) is 64.3 Å². The van der Waals surface area contributed by atoms with Gasteiger partial charge in [-0.1, -0.05) is 0 Å². The van der Waals surface area contributed by atoms with Gasteiger partial charge in [-0.3, -0.25) is 4.79 Å². The van der Waals surface area contributed by atoms with Gasteiger partial charge in [-0.2, -0.15) is 0 Å². The van der Waals surface area contributed by atoms with Gasteiger partial charge in [0.05, 0.1) is 0 Å². The molecular formula is C15H15FN2O2. The van der Waals surface area contributed by atoms with Gasteiger partial charge < -0.3 is 15.8 Å². The van der Waals surface area contributed by atoms with Crippen molar-refractivity contribution in [3.05, 3.63) is 53.8 Å². The fraction of sp³-hybridized carbons (Fsp3) is 0.133. The zero-order valence-corrected chi connectivity index (χ0v) is 11.0. The number of amides is 1. The first-order valence-electron chi connectivity index (χ1n) is 6.09. The van der Waals surface area contributed by atoms with Crippen LogP contribution in [0.25, 0.3) is 0 Å². The van der Waals surface area contributed by atoms with Crippen molar-refractivity contribution >= 4 is 17.3 Å². The lowest BCUT2D eigenvalue weighted by atomic mass is 10.2. The number of nitrogen functional groups attached to an aromatic ring is 1. The van der Waals surface area contributed by atoms with Crippen LogP contribution < -0.4 is 15.8 Å². The van der Waals surface area contributed by atoms with E-state index in [0.717, 1.165) is 0 Å². The predicted octanol–water partition coefficient (Wildman–Crippen LogP) is 2.73. The average Bonchev–Trinajstić information content (AvgIpc) is 2.42. The zero-order valence-electron chi connectivity index (χ0n) is 11.0. The van der Waals surface area contributed by atoms with E-state index in [0.29, 0.717) is 22.7 Å². The second kappa shape index (κ2) is 6.06. The van der Waals surface area contributed by atoms with Crippen LogP contribution in [-0.4, -0.2) is 12.5 Å². The third-order valence-electron chi connectivity index (χ3n) is 2.69. The Balaban J connectivity index is 1.89. The Hall–Kier alpha value is -2.56. The molecule has 0 aromatic heterocycles. The Bertz CT molecular complexity index is 612. The first-order valence-corrected chi connectivity index (χ1v) is 6.09. The van der Waals surface area contributed by atoms with Gasteiger partial charge >= 0.3 is 0 Å². The number of aryl methyl sites for hydroxylation is 1. The number of halogens is 1. The van der Waals surface area contributed by atoms with Crippen LogP contribution in [0.15, 0.2) is 42.5 Å². The minimum atomic E-state index is -0.312. The molecule has 0 aliphatic rings. The van der Waals surface area contributed by atoms with Gasteiger partial charge in [-0.25, -0.2) is 4.39 Å². The molecule has 4 nitrogen and oxygen atoms in total. The van der Waals surface area contributed by atoms with E-state index in [-0.39, 0.29) is 18.3 Å². The number of anilines is 2. The van der Waals surface area contributed by atoms with Crippen molar-refractivity contribution in [1.82, 2.24) is 0 Å². The lowest BCUT2D eigenvalue weighted by Gasteiger charge is -2.08. The Morgan fingerprint density at radius 1 is 1.25 bits per heavy atom. The second-order valence-electron chi connectivity index (χ2n) is 4.37. The lowest BCUT2D eigenvalue weighted by Crippen LogP contribution is -2.20. The number of rotatable bonds is 4. The minimum absolute atomic E-state index is 0.125. The molecule has 3 N–H and O–H groups in total. The summed E-state index contributed by atoms with van der Waals surface area (Å²) in [6.07, 6.45) is 0. The molecule has 20 heavy (non-hydrogen) atoms. The Morgan fingerprint density at radius 3 is 2.60 bits per heavy atom. The largest absolute Gasteiger partial charge is 0.484 e. The third kappa shape index (κ3) is 3.71. The molecule has 0 radical (unpaired) electrons. The number of benzene rings is 2. The van der Waals surface area contributed by atoms with Crippen LogP contribution in [0.2, 0.25) is 0 Å². The molecule has 2 aromatic rings. The fourth-order valence-electron chi connectivity index (χ4n) is 1.63. The highest BCUT2D eigenvalue weighted by Gasteiger charge is 2.05. The average molecular weight is 274 g/mol. The smallest absolute Gasteiger partial charge is 0.262 e. The number of nitrogens with two attached hydrogens (primary N) is 1. The quantitative estimate of drug-likeness (QED) is 0.842. The zero-order chi connectivity index (χ0) is 14.5. The fourth-order valence-corrected chi connectivity index (χ4v) is 1.63. The number of carbonyl (C=O) groups is 1. The highest BCUT2D eigenvalue weighted by atomic mass is 19.1. The number of hydrogen-bond acceptors (Lipinski definition) is 3. The van der Waals surface area contributed by atoms with Gasteiger partial charge in [-0.05, 0) is 55.0 Å². The monoisotopic (exact) mass is 274 g/mol. The van der Waals surface area contributed by atoms with Crippen LogP contribution in [0, 0.1) is 12.7 Å². The highest BCUT2D eigenvalue weighted by molar-refractivity contribution is 5.91. The maximum Gasteiger partial charge on any atom is 0.262 e. The Morgan fingerprint density at radius 2 is 1.95 bits per heavy atom. The van der Waals surface area contributed by atoms with E-state index in [1.165, 1.54) is 12.1 Å². The van der Waals surface area contributed by atoms with Gasteiger partial charge in [0.25, 0.3) is 5.91 Å². The van der Waals surface area contributed by atoms with Crippen molar-refractivity contribution < 1.29 is 13.9 Å². The molecule has 1 amide bonds. The van der Waals surface area contributed by atoms with E-state index < -0.39 is 0 Å². The number of hydrogen-bond donors (Lipinski definition) is 2. The molecule has 0 heterocycles. The summed E-state index contributed by atoms with van der Waals surface area (Å²) in [4.78, 5) is 11.7. The van der Waals surface area contributed by atoms with Crippen LogP contribution in [0.4, 0.5) is 15.8 Å². The minimum Gasteiger partial charge on any atom is -0.484 e. The van der Waals surface area contributed by atoms with E-state index >= 15 is 0 Å². The summed E-state index contributed by atoms with van der Waals surface area (Å²) in [5.41, 5.74) is 7.19. The van der Waals surface area contributed by atoms with Gasteiger partial charge in [0.1, 0.15) is 11.6 Å². The summed E-state index contributed by atoms with van der Waals surface area (Å²) in [6.45, 7) is 1.51. The maximum absolute atomic E-state index is 13.1. The normalized spacial score (nSPS) is 10.1. The lowest BCUT2D eigenvalue weighted by molar-refractivity contribution is -0.118. The summed E-state index contributed by atoms with van der Waals surface area (Å²) in [7, 11) is 0.